The summed E-state index contributed by atoms with van der Waals surface area (Å²) in [7, 11) is -10.1. The van der Waals surface area contributed by atoms with E-state index in [0.29, 0.717) is 5.75 Å². The fourth-order valence-electron chi connectivity index (χ4n) is 0.689. The molecule has 0 amide bonds. The van der Waals surface area contributed by atoms with Crippen LogP contribution < -0.4 is 5.73 Å². The first-order chi connectivity index (χ1) is 11.6. The van der Waals surface area contributed by atoms with Gasteiger partial charge in [0.15, 0.2) is 0 Å². The number of carbonyl (C=O) groups is 1. The molecule has 0 aromatic heterocycles. The lowest BCUT2D eigenvalue weighted by Crippen LogP contribution is -2.37. The monoisotopic (exact) mass is 449 g/mol. The van der Waals surface area contributed by atoms with Gasteiger partial charge in [-0.25, -0.2) is 9.13 Å². The van der Waals surface area contributed by atoms with E-state index >= 15 is 0 Å². The van der Waals surface area contributed by atoms with E-state index in [1.54, 1.807) is 0 Å². The van der Waals surface area contributed by atoms with E-state index in [2.05, 4.69) is 4.31 Å². The van der Waals surface area contributed by atoms with Crippen LogP contribution >= 0.6 is 27.4 Å². The van der Waals surface area contributed by atoms with Crippen molar-refractivity contribution in [3.8, 4) is 0 Å². The van der Waals surface area contributed by atoms with Crippen molar-refractivity contribution in [3.05, 3.63) is 0 Å². The lowest BCUT2D eigenvalue weighted by Gasteiger charge is -2.23. The second-order valence-corrected chi connectivity index (χ2v) is 8.12. The first-order valence-electron chi connectivity index (χ1n) is 6.36. The number of hydrogen-bond acceptors (Lipinski definition) is 10. The quantitative estimate of drug-likeness (QED) is 0.156. The van der Waals surface area contributed by atoms with Crippen molar-refractivity contribution in [1.82, 2.24) is 0 Å². The van der Waals surface area contributed by atoms with Gasteiger partial charge in [0.25, 0.3) is 0 Å². The highest BCUT2D eigenvalue weighted by molar-refractivity contribution is 7.98. The molecule has 0 saturated carbocycles. The Morgan fingerprint density at radius 3 is 1.35 bits per heavy atom. The first-order valence-corrected chi connectivity index (χ1v) is 10.8. The minimum atomic E-state index is -5.05. The van der Waals surface area contributed by atoms with E-state index in [1.807, 2.05) is 6.26 Å². The average molecular weight is 449 g/mol. The van der Waals surface area contributed by atoms with Crippen LogP contribution in [-0.4, -0.2) is 95.6 Å². The summed E-state index contributed by atoms with van der Waals surface area (Å²) >= 11 is 1.43. The minimum Gasteiger partial charge on any atom is -0.480 e. The third kappa shape index (κ3) is 20.2. The van der Waals surface area contributed by atoms with E-state index in [0.717, 1.165) is 0 Å². The Morgan fingerprint density at radius 1 is 1.00 bits per heavy atom. The number of aliphatic carboxylic acids is 1. The zero-order valence-electron chi connectivity index (χ0n) is 13.7. The van der Waals surface area contributed by atoms with Gasteiger partial charge in [-0.2, -0.15) is 16.1 Å². The van der Waals surface area contributed by atoms with Crippen molar-refractivity contribution in [1.29, 1.82) is 0 Å². The van der Waals surface area contributed by atoms with Gasteiger partial charge in [0.05, 0.1) is 31.8 Å². The van der Waals surface area contributed by atoms with Gasteiger partial charge in [-0.3, -0.25) is 4.79 Å². The number of carboxylic acids is 1. The van der Waals surface area contributed by atoms with E-state index in [4.69, 9.17) is 50.8 Å². The Bertz CT molecular complexity index is 425. The van der Waals surface area contributed by atoms with Crippen LogP contribution in [0, 0.1) is 5.41 Å². The maximum absolute atomic E-state index is 9.95. The van der Waals surface area contributed by atoms with Crippen molar-refractivity contribution >= 4 is 33.4 Å². The van der Waals surface area contributed by atoms with Crippen LogP contribution in [-0.2, 0) is 18.2 Å². The van der Waals surface area contributed by atoms with Crippen molar-refractivity contribution in [2.24, 2.45) is 11.1 Å². The van der Waals surface area contributed by atoms with Crippen LogP contribution in [0.2, 0.25) is 0 Å². The van der Waals surface area contributed by atoms with Gasteiger partial charge in [0.2, 0.25) is 0 Å². The molecule has 0 fully saturated rings. The molecule has 0 heterocycles. The molecular formula is C9H25NO13P2S. The highest BCUT2D eigenvalue weighted by atomic mass is 32.2. The fraction of sp³-hybridized carbons (Fsp3) is 0.889. The fourth-order valence-corrected chi connectivity index (χ4v) is 2.30. The van der Waals surface area contributed by atoms with Gasteiger partial charge >= 0.3 is 21.6 Å². The highest BCUT2D eigenvalue weighted by Crippen LogP contribution is 2.53. The molecule has 0 rings (SSSR count). The summed E-state index contributed by atoms with van der Waals surface area (Å²) in [5.74, 6) is -0.450. The molecule has 0 saturated heterocycles. The smallest absolute Gasteiger partial charge is 0.478 e. The van der Waals surface area contributed by atoms with Crippen LogP contribution in [0.4, 0.5) is 0 Å². The van der Waals surface area contributed by atoms with Gasteiger partial charge < -0.3 is 50.8 Å². The molecule has 26 heavy (non-hydrogen) atoms. The second kappa shape index (κ2) is 14.9. The van der Waals surface area contributed by atoms with Crippen LogP contribution in [0.15, 0.2) is 0 Å². The molecule has 11 N–H and O–H groups in total. The molecule has 160 valence electrons. The van der Waals surface area contributed by atoms with Crippen LogP contribution in [0.3, 0.4) is 0 Å². The summed E-state index contributed by atoms with van der Waals surface area (Å²) in [6, 6.07) is -0.704. The molecule has 14 nitrogen and oxygen atoms in total. The maximum Gasteiger partial charge on any atom is 0.478 e. The molecule has 0 aliphatic heterocycles. The third-order valence-corrected chi connectivity index (χ3v) is 4.61. The molecule has 1 atom stereocenters. The van der Waals surface area contributed by atoms with Gasteiger partial charge in [-0.15, -0.1) is 0 Å². The molecule has 0 bridgehead atoms. The number of thioether (sulfide) groups is 1. The van der Waals surface area contributed by atoms with E-state index < -0.39 is 59.5 Å². The summed E-state index contributed by atoms with van der Waals surface area (Å²) in [6.07, 6.45) is 1.82. The van der Waals surface area contributed by atoms with Crippen molar-refractivity contribution < 1.29 is 63.3 Å². The number of phosphoric acid groups is 2. The molecule has 17 heteroatoms. The van der Waals surface area contributed by atoms with Crippen LogP contribution in [0.25, 0.3) is 0 Å². The number of hydrogen-bond donors (Lipinski definition) is 10. The number of aliphatic hydroxyl groups is 4. The molecule has 0 aromatic rings. The van der Waals surface area contributed by atoms with Gasteiger partial charge in [-0.05, 0) is 6.26 Å². The third-order valence-electron chi connectivity index (χ3n) is 2.22. The summed E-state index contributed by atoms with van der Waals surface area (Å²) < 4.78 is 22.2. The Morgan fingerprint density at radius 2 is 1.31 bits per heavy atom. The predicted octanol–water partition coefficient (Wildman–Crippen LogP) is -3.11. The largest absolute Gasteiger partial charge is 0.480 e. The standard InChI is InChI=1S/C5H12O4.C4H9NO2S.H4O7P2/c6-1-5(2-7,3-8)4-9;1-8-2-3(5)4(6)7;1-8(2,3)7-9(4,5)6/h6-9H,1-4H2;3H,2,5H2,1H3,(H,6,7);(H2,1,2,3)(H2,4,5,6). The molecule has 0 radical (unpaired) electrons. The molecule has 0 aliphatic carbocycles. The topological polar surface area (TPSA) is 269 Å². The van der Waals surface area contributed by atoms with E-state index in [9.17, 15) is 13.9 Å². The molecule has 1 unspecified atom stereocenters. The van der Waals surface area contributed by atoms with Crippen LogP contribution in [0.5, 0.6) is 0 Å². The van der Waals surface area contributed by atoms with Gasteiger partial charge in [-0.1, -0.05) is 0 Å². The maximum atomic E-state index is 9.95. The van der Waals surface area contributed by atoms with Crippen LogP contribution in [0.1, 0.15) is 0 Å². The average Bonchev–Trinajstić information content (AvgIpc) is 2.48. The summed E-state index contributed by atoms with van der Waals surface area (Å²) in [4.78, 5) is 41.0. The van der Waals surface area contributed by atoms with E-state index in [1.165, 1.54) is 11.8 Å². The number of rotatable bonds is 9. The van der Waals surface area contributed by atoms with E-state index in [-0.39, 0.29) is 0 Å². The first kappa shape index (κ1) is 30.6. The van der Waals surface area contributed by atoms with Crippen molar-refractivity contribution in [2.75, 3.05) is 38.4 Å². The number of carboxylic acid groups (broad SMARTS) is 1. The summed E-state index contributed by atoms with van der Waals surface area (Å²) in [5.41, 5.74) is 4.00. The minimum absolute atomic E-state index is 0.406. The molecule has 0 aliphatic rings. The summed E-state index contributed by atoms with van der Waals surface area (Å²) in [6.45, 7) is -1.62. The van der Waals surface area contributed by atoms with Crippen molar-refractivity contribution in [2.45, 2.75) is 6.04 Å². The highest BCUT2D eigenvalue weighted by Gasteiger charge is 2.28. The Kier molecular flexibility index (Phi) is 17.5. The Hall–Kier alpha value is -0.120. The lowest BCUT2D eigenvalue weighted by molar-refractivity contribution is -0.137. The lowest BCUT2D eigenvalue weighted by atomic mass is 9.93. The number of nitrogens with two attached hydrogens (primary N) is 1. The number of aliphatic hydroxyl groups excluding tert-OH is 4. The van der Waals surface area contributed by atoms with Crippen molar-refractivity contribution in [3.63, 3.8) is 0 Å². The predicted molar refractivity (Wildman–Crippen MR) is 89.9 cm³/mol. The SMILES string of the molecule is CSCC(N)C(=O)O.O=P(O)(O)OP(=O)(O)O.OCC(CO)(CO)CO. The van der Waals surface area contributed by atoms with Gasteiger partial charge in [0.1, 0.15) is 6.04 Å². The van der Waals surface area contributed by atoms with Gasteiger partial charge in [0, 0.05) is 5.75 Å². The Labute approximate surface area is 153 Å². The second-order valence-electron chi connectivity index (χ2n) is 4.60. The Balaban J connectivity index is -0.000000306. The molecule has 0 spiro atoms. The zero-order valence-corrected chi connectivity index (χ0v) is 16.3. The zero-order chi connectivity index (χ0) is 21.6. The molecule has 0 aromatic carbocycles. The molecular weight excluding hydrogens is 424 g/mol. The summed E-state index contributed by atoms with van der Waals surface area (Å²) in [5, 5.41) is 42.2. The normalized spacial score (nSPS) is 13.0.